The van der Waals surface area contributed by atoms with Crippen LogP contribution in [0.4, 0.5) is 0 Å². The summed E-state index contributed by atoms with van der Waals surface area (Å²) >= 11 is 0. The first-order valence-corrected chi connectivity index (χ1v) is 6.98. The van der Waals surface area contributed by atoms with Gasteiger partial charge in [-0.05, 0) is 11.1 Å². The molecule has 2 aromatic carbocycles. The Morgan fingerprint density at radius 3 is 2.05 bits per heavy atom. The van der Waals surface area contributed by atoms with Crippen molar-refractivity contribution in [3.05, 3.63) is 73.5 Å². The Balaban J connectivity index is 1.99. The van der Waals surface area contributed by atoms with Crippen molar-refractivity contribution in [3.63, 3.8) is 0 Å². The molecule has 0 aliphatic carbocycles. The molecule has 2 rings (SSSR count). The second-order valence-corrected chi connectivity index (χ2v) is 5.43. The van der Waals surface area contributed by atoms with E-state index < -0.39 is 0 Å². The number of benzene rings is 2. The third kappa shape index (κ3) is 3.89. The van der Waals surface area contributed by atoms with Crippen molar-refractivity contribution in [2.24, 2.45) is 11.8 Å². The summed E-state index contributed by atoms with van der Waals surface area (Å²) in [6.45, 7) is 8.64. The maximum Gasteiger partial charge on any atom is -0.0205 e. The van der Waals surface area contributed by atoms with Crippen LogP contribution in [0.5, 0.6) is 0 Å². The topological polar surface area (TPSA) is 0 Å². The third-order valence-corrected chi connectivity index (χ3v) is 3.62. The zero-order valence-electron chi connectivity index (χ0n) is 11.8. The lowest BCUT2D eigenvalue weighted by molar-refractivity contribution is 0.458. The van der Waals surface area contributed by atoms with Crippen molar-refractivity contribution in [3.8, 4) is 11.1 Å². The SMILES string of the molecule is [CH2-]C(C[CH-]c1ccc(-c2ccccc2)cc1)C(C)C. The Morgan fingerprint density at radius 2 is 1.47 bits per heavy atom. The van der Waals surface area contributed by atoms with Crippen molar-refractivity contribution >= 4 is 0 Å². The summed E-state index contributed by atoms with van der Waals surface area (Å²) in [6, 6.07) is 19.2. The van der Waals surface area contributed by atoms with Gasteiger partial charge in [0.25, 0.3) is 0 Å². The molecule has 0 bridgehead atoms. The van der Waals surface area contributed by atoms with Crippen LogP contribution in [-0.4, -0.2) is 0 Å². The van der Waals surface area contributed by atoms with Crippen molar-refractivity contribution < 1.29 is 0 Å². The fourth-order valence-corrected chi connectivity index (χ4v) is 2.00. The molecule has 19 heavy (non-hydrogen) atoms. The van der Waals surface area contributed by atoms with E-state index in [1.807, 2.05) is 6.07 Å². The number of hydrogen-bond donors (Lipinski definition) is 0. The average molecular weight is 250 g/mol. The smallest absolute Gasteiger partial charge is 0.0205 e. The van der Waals surface area contributed by atoms with Crippen LogP contribution in [0.25, 0.3) is 11.1 Å². The van der Waals surface area contributed by atoms with E-state index in [2.05, 4.69) is 75.7 Å². The normalized spacial score (nSPS) is 12.4. The maximum absolute atomic E-state index is 4.19. The molecule has 0 nitrogen and oxygen atoms in total. The second-order valence-electron chi connectivity index (χ2n) is 5.43. The van der Waals surface area contributed by atoms with Gasteiger partial charge in [-0.15, -0.1) is 18.6 Å². The van der Waals surface area contributed by atoms with Crippen LogP contribution >= 0.6 is 0 Å². The highest BCUT2D eigenvalue weighted by atomic mass is 14.1. The highest BCUT2D eigenvalue weighted by Crippen LogP contribution is 2.22. The van der Waals surface area contributed by atoms with Gasteiger partial charge >= 0.3 is 0 Å². The Hall–Kier alpha value is -1.69. The maximum atomic E-state index is 4.19. The van der Waals surface area contributed by atoms with Crippen LogP contribution in [0.1, 0.15) is 25.8 Å². The molecular formula is C19H22-2. The predicted octanol–water partition coefficient (Wildman–Crippen LogP) is 5.40. The predicted molar refractivity (Wildman–Crippen MR) is 83.6 cm³/mol. The lowest BCUT2D eigenvalue weighted by atomic mass is 9.91. The molecule has 0 amide bonds. The van der Waals surface area contributed by atoms with Crippen molar-refractivity contribution in [2.75, 3.05) is 0 Å². The molecule has 0 fully saturated rings. The van der Waals surface area contributed by atoms with Crippen LogP contribution in [0, 0.1) is 25.2 Å². The van der Waals surface area contributed by atoms with Crippen molar-refractivity contribution in [1.82, 2.24) is 0 Å². The summed E-state index contributed by atoms with van der Waals surface area (Å²) in [5.74, 6) is 1.13. The fraction of sp³-hybridized carbons (Fsp3) is 0.263. The molecule has 0 saturated heterocycles. The summed E-state index contributed by atoms with van der Waals surface area (Å²) in [5, 5.41) is 0. The largest absolute Gasteiger partial charge is 0.341 e. The van der Waals surface area contributed by atoms with E-state index in [1.165, 1.54) is 16.7 Å². The van der Waals surface area contributed by atoms with Crippen molar-refractivity contribution in [2.45, 2.75) is 20.3 Å². The molecule has 0 saturated carbocycles. The number of rotatable bonds is 5. The van der Waals surface area contributed by atoms with Gasteiger partial charge in [0.05, 0.1) is 0 Å². The van der Waals surface area contributed by atoms with Gasteiger partial charge in [-0.1, -0.05) is 50.1 Å². The van der Waals surface area contributed by atoms with E-state index in [4.69, 9.17) is 0 Å². The lowest BCUT2D eigenvalue weighted by Crippen LogP contribution is -2.04. The summed E-state index contributed by atoms with van der Waals surface area (Å²) in [4.78, 5) is 0. The molecule has 0 N–H and O–H groups in total. The van der Waals surface area contributed by atoms with Gasteiger partial charge in [-0.3, -0.25) is 0 Å². The highest BCUT2D eigenvalue weighted by molar-refractivity contribution is 5.63. The summed E-state index contributed by atoms with van der Waals surface area (Å²) in [6.07, 6.45) is 3.33. The Bertz CT molecular complexity index is 479. The fourth-order valence-electron chi connectivity index (χ4n) is 2.00. The van der Waals surface area contributed by atoms with E-state index in [0.717, 1.165) is 6.42 Å². The van der Waals surface area contributed by atoms with Gasteiger partial charge in [0.15, 0.2) is 0 Å². The molecule has 0 aliphatic heterocycles. The summed E-state index contributed by atoms with van der Waals surface area (Å²) in [5.41, 5.74) is 3.83. The minimum Gasteiger partial charge on any atom is -0.341 e. The Morgan fingerprint density at radius 1 is 0.895 bits per heavy atom. The van der Waals surface area contributed by atoms with Crippen LogP contribution in [0.2, 0.25) is 0 Å². The monoisotopic (exact) mass is 250 g/mol. The Kier molecular flexibility index (Phi) is 4.68. The molecule has 0 radical (unpaired) electrons. The first-order valence-electron chi connectivity index (χ1n) is 6.98. The molecule has 1 atom stereocenters. The lowest BCUT2D eigenvalue weighted by Gasteiger charge is -2.25. The molecule has 0 aromatic heterocycles. The quantitative estimate of drug-likeness (QED) is 0.623. The first kappa shape index (κ1) is 13.7. The minimum absolute atomic E-state index is 0.494. The molecule has 100 valence electrons. The second kappa shape index (κ2) is 6.47. The molecule has 2 aromatic rings. The van der Waals surface area contributed by atoms with Crippen LogP contribution in [0.15, 0.2) is 54.6 Å². The van der Waals surface area contributed by atoms with Crippen molar-refractivity contribution in [1.29, 1.82) is 0 Å². The summed E-state index contributed by atoms with van der Waals surface area (Å²) in [7, 11) is 0. The molecular weight excluding hydrogens is 228 g/mol. The van der Waals surface area contributed by atoms with Gasteiger partial charge in [-0.25, -0.2) is 0 Å². The first-order chi connectivity index (χ1) is 9.16. The Labute approximate surface area is 117 Å². The standard InChI is InChI=1S/C19H22/c1-15(2)16(3)9-10-17-11-13-19(14-12-17)18-7-5-4-6-8-18/h4-8,10-16H,3,9H2,1-2H3/q-2. The molecule has 0 aliphatic rings. The van der Waals surface area contributed by atoms with Gasteiger partial charge in [0, 0.05) is 0 Å². The summed E-state index contributed by atoms with van der Waals surface area (Å²) < 4.78 is 0. The van der Waals surface area contributed by atoms with Crippen LogP contribution in [-0.2, 0) is 0 Å². The minimum atomic E-state index is 0.494. The van der Waals surface area contributed by atoms with E-state index in [1.54, 1.807) is 0 Å². The van der Waals surface area contributed by atoms with Gasteiger partial charge < -0.3 is 6.92 Å². The average Bonchev–Trinajstić information content (AvgIpc) is 2.46. The van der Waals surface area contributed by atoms with E-state index in [9.17, 15) is 0 Å². The van der Waals surface area contributed by atoms with Gasteiger partial charge in [0.2, 0.25) is 0 Å². The molecule has 0 spiro atoms. The van der Waals surface area contributed by atoms with E-state index >= 15 is 0 Å². The zero-order chi connectivity index (χ0) is 13.7. The van der Waals surface area contributed by atoms with E-state index in [0.29, 0.717) is 11.8 Å². The molecule has 0 heterocycles. The third-order valence-electron chi connectivity index (χ3n) is 3.62. The zero-order valence-corrected chi connectivity index (χ0v) is 11.8. The van der Waals surface area contributed by atoms with Gasteiger partial charge in [-0.2, -0.15) is 30.0 Å². The highest BCUT2D eigenvalue weighted by Gasteiger charge is 1.98. The molecule has 1 unspecified atom stereocenters. The van der Waals surface area contributed by atoms with Gasteiger partial charge in [0.1, 0.15) is 0 Å². The molecule has 0 heteroatoms. The van der Waals surface area contributed by atoms with E-state index in [-0.39, 0.29) is 0 Å². The van der Waals surface area contributed by atoms with Crippen LogP contribution in [0.3, 0.4) is 0 Å². The number of hydrogen-bond acceptors (Lipinski definition) is 0. The van der Waals surface area contributed by atoms with Crippen LogP contribution < -0.4 is 0 Å².